The van der Waals surface area contributed by atoms with Gasteiger partial charge in [0.25, 0.3) is 9.84 Å². The number of thiazole rings is 1. The summed E-state index contributed by atoms with van der Waals surface area (Å²) in [4.78, 5) is 9.39. The van der Waals surface area contributed by atoms with Crippen molar-refractivity contribution >= 4 is 21.2 Å². The Balaban J connectivity index is 1.84. The van der Waals surface area contributed by atoms with Gasteiger partial charge in [0, 0.05) is 16.6 Å². The van der Waals surface area contributed by atoms with E-state index in [0.717, 1.165) is 42.1 Å². The minimum atomic E-state index is -5.26. The van der Waals surface area contributed by atoms with Crippen molar-refractivity contribution in [1.29, 1.82) is 0 Å². The number of pyridine rings is 1. The van der Waals surface area contributed by atoms with E-state index in [1.54, 1.807) is 12.1 Å². The zero-order chi connectivity index (χ0) is 22.6. The molecule has 0 N–H and O–H groups in total. The predicted molar refractivity (Wildman–Crippen MR) is 117 cm³/mol. The summed E-state index contributed by atoms with van der Waals surface area (Å²) in [6.45, 7) is 4.24. The second kappa shape index (κ2) is 9.48. The molecule has 0 aliphatic rings. The highest BCUT2D eigenvalue weighted by atomic mass is 32.2. The molecule has 0 radical (unpaired) electrons. The van der Waals surface area contributed by atoms with Crippen LogP contribution in [0, 0.1) is 0 Å². The summed E-state index contributed by atoms with van der Waals surface area (Å²) >= 11 is 1.45. The average molecular weight is 469 g/mol. The molecule has 0 aliphatic heterocycles. The van der Waals surface area contributed by atoms with Gasteiger partial charge in [-0.2, -0.15) is 13.2 Å². The van der Waals surface area contributed by atoms with Crippen molar-refractivity contribution in [1.82, 2.24) is 9.97 Å². The molecule has 1 aromatic carbocycles. The first-order valence-corrected chi connectivity index (χ1v) is 12.5. The Morgan fingerprint density at radius 1 is 0.903 bits per heavy atom. The summed E-state index contributed by atoms with van der Waals surface area (Å²) in [5.41, 5.74) is -0.725. The van der Waals surface area contributed by atoms with Crippen molar-refractivity contribution in [2.75, 3.05) is 0 Å². The molecule has 0 fully saturated rings. The normalized spacial score (nSPS) is 12.3. The molecule has 0 aliphatic carbocycles. The first-order chi connectivity index (χ1) is 14.6. The number of aromatic nitrogens is 2. The first kappa shape index (κ1) is 23.4. The lowest BCUT2D eigenvalue weighted by molar-refractivity contribution is -0.0437. The summed E-state index contributed by atoms with van der Waals surface area (Å²) in [7, 11) is -5.20. The maximum Gasteiger partial charge on any atom is 0.497 e. The summed E-state index contributed by atoms with van der Waals surface area (Å²) in [6.07, 6.45) is 3.90. The largest absolute Gasteiger partial charge is 0.497 e. The van der Waals surface area contributed by atoms with Gasteiger partial charge in [-0.05, 0) is 36.1 Å². The Morgan fingerprint density at radius 3 is 2.19 bits per heavy atom. The molecule has 0 atom stereocenters. The molecule has 4 nitrogen and oxygen atoms in total. The van der Waals surface area contributed by atoms with Crippen LogP contribution < -0.4 is 0 Å². The third-order valence-electron chi connectivity index (χ3n) is 4.67. The molecule has 3 aromatic rings. The number of sulfone groups is 1. The van der Waals surface area contributed by atoms with Gasteiger partial charge >= 0.3 is 5.51 Å². The molecule has 0 saturated heterocycles. The predicted octanol–water partition coefficient (Wildman–Crippen LogP) is 6.21. The molecule has 9 heteroatoms. The molecular weight excluding hydrogens is 445 g/mol. The van der Waals surface area contributed by atoms with E-state index in [1.807, 2.05) is 5.38 Å². The number of aryl methyl sites for hydroxylation is 2. The monoisotopic (exact) mass is 468 g/mol. The third kappa shape index (κ3) is 5.71. The highest BCUT2D eigenvalue weighted by Gasteiger charge is 2.45. The van der Waals surface area contributed by atoms with Crippen LogP contribution in [0.3, 0.4) is 0 Å². The number of benzene rings is 1. The number of nitrogens with zero attached hydrogens (tertiary/aromatic N) is 2. The van der Waals surface area contributed by atoms with Gasteiger partial charge in [-0.3, -0.25) is 4.98 Å². The zero-order valence-electron chi connectivity index (χ0n) is 17.2. The van der Waals surface area contributed by atoms with Crippen LogP contribution in [-0.2, 0) is 28.4 Å². The number of halogens is 3. The summed E-state index contributed by atoms with van der Waals surface area (Å²) in [5, 5.41) is 2.64. The molecule has 0 amide bonds. The van der Waals surface area contributed by atoms with Crippen molar-refractivity contribution in [3.05, 3.63) is 58.6 Å². The second-order valence-electron chi connectivity index (χ2n) is 7.29. The minimum absolute atomic E-state index is 0.0784. The van der Waals surface area contributed by atoms with Crippen LogP contribution in [0.2, 0.25) is 0 Å². The van der Waals surface area contributed by atoms with Crippen LogP contribution in [0.4, 0.5) is 13.2 Å². The van der Waals surface area contributed by atoms with E-state index in [9.17, 15) is 21.6 Å². The molecule has 3 rings (SSSR count). The summed E-state index contributed by atoms with van der Waals surface area (Å²) in [6, 6.07) is 10.1. The van der Waals surface area contributed by atoms with Gasteiger partial charge in [0.15, 0.2) is 0 Å². The molecule has 0 spiro atoms. The van der Waals surface area contributed by atoms with E-state index < -0.39 is 21.1 Å². The third-order valence-corrected chi connectivity index (χ3v) is 6.95. The Labute approximate surface area is 184 Å². The number of hydrogen-bond acceptors (Lipinski definition) is 5. The van der Waals surface area contributed by atoms with E-state index >= 15 is 0 Å². The van der Waals surface area contributed by atoms with Crippen LogP contribution >= 0.6 is 11.3 Å². The van der Waals surface area contributed by atoms with Crippen molar-refractivity contribution in [2.24, 2.45) is 0 Å². The molecule has 0 unspecified atom stereocenters. The van der Waals surface area contributed by atoms with Crippen LogP contribution in [0.5, 0.6) is 0 Å². The standard InChI is InChI=1S/C22H23F3N2O2S2/c1-3-5-16-11-18(6-4-2)26-19(12-16)21-27-20(13-30-21)17-9-7-15(8-10-17)14-31(28,29)22(23,24)25/h7-13H,3-6,14H2,1-2H3. The fourth-order valence-corrected chi connectivity index (χ4v) is 4.76. The number of rotatable bonds is 8. The van der Waals surface area contributed by atoms with E-state index in [1.165, 1.54) is 29.0 Å². The smallest absolute Gasteiger partial charge is 0.250 e. The van der Waals surface area contributed by atoms with Crippen molar-refractivity contribution in [2.45, 2.75) is 50.8 Å². The van der Waals surface area contributed by atoms with Gasteiger partial charge in [0.1, 0.15) is 5.01 Å². The average Bonchev–Trinajstić information content (AvgIpc) is 3.18. The Bertz CT molecular complexity index is 1110. The Kier molecular flexibility index (Phi) is 7.16. The molecule has 0 saturated carbocycles. The van der Waals surface area contributed by atoms with Gasteiger partial charge in [0.2, 0.25) is 0 Å². The van der Waals surface area contributed by atoms with E-state index in [4.69, 9.17) is 4.98 Å². The van der Waals surface area contributed by atoms with Gasteiger partial charge in [0.05, 0.1) is 17.1 Å². The molecular formula is C22H23F3N2O2S2. The number of hydrogen-bond donors (Lipinski definition) is 0. The lowest BCUT2D eigenvalue weighted by Crippen LogP contribution is -2.24. The van der Waals surface area contributed by atoms with Gasteiger partial charge in [-0.15, -0.1) is 11.3 Å². The molecule has 2 aromatic heterocycles. The van der Waals surface area contributed by atoms with E-state index in [2.05, 4.69) is 31.0 Å². The second-order valence-corrected chi connectivity index (χ2v) is 10.1. The van der Waals surface area contributed by atoms with Gasteiger partial charge in [-0.25, -0.2) is 13.4 Å². The van der Waals surface area contributed by atoms with Crippen molar-refractivity contribution in [3.8, 4) is 22.0 Å². The molecule has 31 heavy (non-hydrogen) atoms. The Morgan fingerprint density at radius 2 is 1.58 bits per heavy atom. The minimum Gasteiger partial charge on any atom is -0.250 e. The molecule has 166 valence electrons. The van der Waals surface area contributed by atoms with Gasteiger partial charge < -0.3 is 0 Å². The topological polar surface area (TPSA) is 59.9 Å². The Hall–Kier alpha value is -2.26. The van der Waals surface area contributed by atoms with Crippen LogP contribution in [0.25, 0.3) is 22.0 Å². The van der Waals surface area contributed by atoms with E-state index in [0.29, 0.717) is 11.3 Å². The molecule has 2 heterocycles. The highest BCUT2D eigenvalue weighted by molar-refractivity contribution is 7.91. The van der Waals surface area contributed by atoms with E-state index in [-0.39, 0.29) is 5.56 Å². The fourth-order valence-electron chi connectivity index (χ4n) is 3.17. The number of alkyl halides is 3. The summed E-state index contributed by atoms with van der Waals surface area (Å²) in [5.74, 6) is -1.08. The van der Waals surface area contributed by atoms with Crippen molar-refractivity contribution < 1.29 is 21.6 Å². The molecule has 0 bridgehead atoms. The highest BCUT2D eigenvalue weighted by Crippen LogP contribution is 2.31. The SMILES string of the molecule is CCCc1cc(CCC)nc(-c2nc(-c3ccc(CS(=O)(=O)C(F)(F)F)cc3)cs2)c1. The lowest BCUT2D eigenvalue weighted by atomic mass is 10.1. The fraction of sp³-hybridized carbons (Fsp3) is 0.364. The maximum atomic E-state index is 12.6. The first-order valence-electron chi connectivity index (χ1n) is 9.97. The lowest BCUT2D eigenvalue weighted by Gasteiger charge is -2.08. The quantitative estimate of drug-likeness (QED) is 0.394. The van der Waals surface area contributed by atoms with Gasteiger partial charge in [-0.1, -0.05) is 51.0 Å². The van der Waals surface area contributed by atoms with Crippen LogP contribution in [0.1, 0.15) is 43.5 Å². The maximum absolute atomic E-state index is 12.6. The summed E-state index contributed by atoms with van der Waals surface area (Å²) < 4.78 is 60.4. The zero-order valence-corrected chi connectivity index (χ0v) is 18.9. The van der Waals surface area contributed by atoms with Crippen LogP contribution in [0.15, 0.2) is 41.8 Å². The van der Waals surface area contributed by atoms with Crippen LogP contribution in [-0.4, -0.2) is 23.9 Å². The van der Waals surface area contributed by atoms with Crippen molar-refractivity contribution in [3.63, 3.8) is 0 Å².